The lowest BCUT2D eigenvalue weighted by Gasteiger charge is -2.18. The lowest BCUT2D eigenvalue weighted by Crippen LogP contribution is -2.30. The molecule has 0 saturated carbocycles. The highest BCUT2D eigenvalue weighted by atomic mass is 35.5. The minimum absolute atomic E-state index is 0.0383. The third-order valence-electron chi connectivity index (χ3n) is 13.8. The Morgan fingerprint density at radius 1 is 0.654 bits per heavy atom. The zero-order valence-corrected chi connectivity index (χ0v) is 46.1. The van der Waals surface area contributed by atoms with Gasteiger partial charge in [-0.05, 0) is 108 Å². The molecule has 2 amide bonds. The molecule has 3 atom stereocenters. The zero-order chi connectivity index (χ0) is 58.9. The predicted octanol–water partition coefficient (Wildman–Crippen LogP) is 9.16. The number of pyridine rings is 3. The number of alkyl halides is 6. The molecule has 8 rings (SSSR count). The third kappa shape index (κ3) is 12.8. The Balaban J connectivity index is 1.12. The Morgan fingerprint density at radius 3 is 1.64 bits per heavy atom. The maximum Gasteiger partial charge on any atom is 0.418 e. The molecule has 0 saturated heterocycles. The first kappa shape index (κ1) is 59.9. The van der Waals surface area contributed by atoms with Crippen LogP contribution in [0, 0.1) is 0 Å². The van der Waals surface area contributed by atoms with Crippen LogP contribution in [0.2, 0.25) is 5.02 Å². The van der Waals surface area contributed by atoms with Crippen LogP contribution in [0.3, 0.4) is 0 Å². The number of imidazole rings is 2. The van der Waals surface area contributed by atoms with E-state index in [1.165, 1.54) is 103 Å². The van der Waals surface area contributed by atoms with Crippen molar-refractivity contribution >= 4 is 54.4 Å². The molecule has 0 aliphatic rings. The number of aryl methyl sites for hydroxylation is 2. The Labute approximate surface area is 466 Å². The fourth-order valence-corrected chi connectivity index (χ4v) is 11.6. The summed E-state index contributed by atoms with van der Waals surface area (Å²) < 4.78 is 141. The van der Waals surface area contributed by atoms with E-state index in [9.17, 15) is 68.1 Å². The Morgan fingerprint density at radius 2 is 1.16 bits per heavy atom. The SMILES string of the molecule is CCS(=O)(=O)c1ccc([C@H](CO)NC(=O)c2ccn3c(CCc4cc(Cc5nc6cc(C(=O)N[C@H](CO)c7ccc(S(=O)(=O)CC)cc7)ccn6c5C(C)C)c(C(F)(F)F)cc4Cl)c(C(O)c4ncccc4C(F)(F)F)nc3c2)cc1. The summed E-state index contributed by atoms with van der Waals surface area (Å²) in [5, 5.41) is 37.3. The predicted molar refractivity (Wildman–Crippen MR) is 287 cm³/mol. The normalized spacial score (nSPS) is 13.7. The number of benzene rings is 3. The number of hydrogen-bond acceptors (Lipinski definition) is 12. The molecule has 0 bridgehead atoms. The van der Waals surface area contributed by atoms with Crippen molar-refractivity contribution in [1.82, 2.24) is 34.4 Å². The van der Waals surface area contributed by atoms with Crippen molar-refractivity contribution in [2.45, 2.75) is 93.2 Å². The summed E-state index contributed by atoms with van der Waals surface area (Å²) in [4.78, 5) is 40.5. The maximum atomic E-state index is 15.0. The highest BCUT2D eigenvalue weighted by molar-refractivity contribution is 7.91. The molecule has 5 N–H and O–H groups in total. The fraction of sp³-hybridized carbons (Fsp3) is 0.304. The van der Waals surface area contributed by atoms with Gasteiger partial charge in [-0.3, -0.25) is 14.6 Å². The van der Waals surface area contributed by atoms with E-state index in [0.717, 1.165) is 24.4 Å². The largest absolute Gasteiger partial charge is 0.418 e. The topological polar surface area (TPSA) is 235 Å². The second-order valence-corrected chi connectivity index (χ2v) is 24.3. The summed E-state index contributed by atoms with van der Waals surface area (Å²) >= 11 is 6.64. The minimum atomic E-state index is -4.97. The van der Waals surface area contributed by atoms with Gasteiger partial charge in [0.25, 0.3) is 11.8 Å². The van der Waals surface area contributed by atoms with Gasteiger partial charge in [-0.25, -0.2) is 26.8 Å². The van der Waals surface area contributed by atoms with Crippen LogP contribution in [0.4, 0.5) is 26.3 Å². The van der Waals surface area contributed by atoms with Gasteiger partial charge in [-0.1, -0.05) is 69.6 Å². The molecule has 16 nitrogen and oxygen atoms in total. The van der Waals surface area contributed by atoms with Crippen molar-refractivity contribution in [3.8, 4) is 0 Å². The standard InChI is InChI=1S/C56H54ClF6N7O9S2/c1-5-80(76,77)38-14-9-32(10-15-38)44(29-71)66-53(74)35-19-22-69-46(50(68-48(69)27-35)52(73)49-40(55(58,59)60)8-7-21-64-49)18-13-34-24-37(41(28-42(34)57)56(61,62)63)25-43-51(31(3)4)70-23-20-36(26-47(70)65-43)54(75)67-45(30-72)33-11-16-39(17-12-33)81(78,79)6-2/h7-12,14-17,19-24,26-28,31,44-45,52,71-73H,5-6,13,18,25,29-30H2,1-4H3,(H,66,74)(H,67,75)/t44-,45+,52?/m0/s1. The number of carbonyl (C=O) groups excluding carboxylic acids is 2. The van der Waals surface area contributed by atoms with E-state index in [0.29, 0.717) is 16.8 Å². The van der Waals surface area contributed by atoms with Gasteiger partial charge >= 0.3 is 12.4 Å². The Kier molecular flexibility index (Phi) is 17.5. The number of carbonyl (C=O) groups is 2. The molecule has 0 fully saturated rings. The molecule has 25 heteroatoms. The number of sulfone groups is 2. The maximum absolute atomic E-state index is 15.0. The van der Waals surface area contributed by atoms with Gasteiger partial charge in [0.2, 0.25) is 0 Å². The Hall–Kier alpha value is -7.22. The molecule has 0 radical (unpaired) electrons. The van der Waals surface area contributed by atoms with Crippen molar-refractivity contribution < 1.29 is 68.1 Å². The van der Waals surface area contributed by atoms with Crippen LogP contribution >= 0.6 is 11.6 Å². The van der Waals surface area contributed by atoms with E-state index >= 15 is 0 Å². The number of aromatic nitrogens is 5. The second kappa shape index (κ2) is 23.7. The first-order valence-corrected chi connectivity index (χ1v) is 29.0. The number of hydrogen-bond donors (Lipinski definition) is 5. The van der Waals surface area contributed by atoms with Gasteiger partial charge in [-0.15, -0.1) is 0 Å². The first-order valence-electron chi connectivity index (χ1n) is 25.3. The van der Waals surface area contributed by atoms with Crippen molar-refractivity contribution in [3.63, 3.8) is 0 Å². The minimum Gasteiger partial charge on any atom is -0.394 e. The fourth-order valence-electron chi connectivity index (χ4n) is 9.53. The lowest BCUT2D eigenvalue weighted by atomic mass is 9.94. The molecular formula is C56H54ClF6N7O9S2. The number of fused-ring (bicyclic) bond motifs is 2. The van der Waals surface area contributed by atoms with E-state index in [1.807, 2.05) is 13.8 Å². The van der Waals surface area contributed by atoms with Crippen LogP contribution in [0.1, 0.15) is 134 Å². The van der Waals surface area contributed by atoms with E-state index in [4.69, 9.17) is 16.6 Å². The van der Waals surface area contributed by atoms with E-state index < -0.39 is 92.1 Å². The molecule has 428 valence electrons. The summed E-state index contributed by atoms with van der Waals surface area (Å²) in [6.45, 7) is 5.48. The van der Waals surface area contributed by atoms with Gasteiger partial charge in [-0.2, -0.15) is 26.3 Å². The molecule has 0 aliphatic carbocycles. The number of amides is 2. The molecule has 3 aromatic carbocycles. The van der Waals surface area contributed by atoms with Gasteiger partial charge in [0, 0.05) is 52.5 Å². The zero-order valence-electron chi connectivity index (χ0n) is 43.7. The number of rotatable bonds is 20. The molecule has 5 heterocycles. The summed E-state index contributed by atoms with van der Waals surface area (Å²) in [7, 11) is -7.06. The van der Waals surface area contributed by atoms with Crippen LogP contribution < -0.4 is 10.6 Å². The molecule has 0 spiro atoms. The lowest BCUT2D eigenvalue weighted by molar-refractivity contribution is -0.139. The van der Waals surface area contributed by atoms with Crippen LogP contribution in [0.15, 0.2) is 125 Å². The molecule has 8 aromatic rings. The van der Waals surface area contributed by atoms with Crippen LogP contribution in [-0.4, -0.2) is 92.4 Å². The molecule has 1 unspecified atom stereocenters. The molecule has 5 aromatic heterocycles. The summed E-state index contributed by atoms with van der Waals surface area (Å²) in [5.41, 5.74) is -1.66. The summed E-state index contributed by atoms with van der Waals surface area (Å²) in [5.74, 6) is -1.96. The van der Waals surface area contributed by atoms with E-state index in [-0.39, 0.29) is 102 Å². The monoisotopic (exact) mass is 1180 g/mol. The van der Waals surface area contributed by atoms with Gasteiger partial charge in [0.15, 0.2) is 19.7 Å². The highest BCUT2D eigenvalue weighted by Gasteiger charge is 2.38. The van der Waals surface area contributed by atoms with Gasteiger partial charge in [0.05, 0.1) is 74.8 Å². The van der Waals surface area contributed by atoms with Crippen molar-refractivity contribution in [1.29, 1.82) is 0 Å². The molecular weight excluding hydrogens is 1130 g/mol. The van der Waals surface area contributed by atoms with E-state index in [1.54, 1.807) is 10.6 Å². The average molecular weight is 1180 g/mol. The van der Waals surface area contributed by atoms with Crippen LogP contribution in [0.5, 0.6) is 0 Å². The van der Waals surface area contributed by atoms with Crippen molar-refractivity contribution in [3.05, 3.63) is 194 Å². The van der Waals surface area contributed by atoms with Crippen molar-refractivity contribution in [2.75, 3.05) is 24.7 Å². The highest BCUT2D eigenvalue weighted by Crippen LogP contribution is 2.40. The smallest absolute Gasteiger partial charge is 0.394 e. The Bertz CT molecular complexity index is 3890. The number of aliphatic hydroxyl groups is 3. The quantitative estimate of drug-likeness (QED) is 0.0450. The van der Waals surface area contributed by atoms with Crippen LogP contribution in [0.25, 0.3) is 11.3 Å². The molecule has 0 aliphatic heterocycles. The number of aliphatic hydroxyl groups excluding tert-OH is 3. The summed E-state index contributed by atoms with van der Waals surface area (Å²) in [6.07, 6.45) is -8.81. The van der Waals surface area contributed by atoms with Crippen molar-refractivity contribution in [2.24, 2.45) is 0 Å². The van der Waals surface area contributed by atoms with Gasteiger partial charge < -0.3 is 34.8 Å². The summed E-state index contributed by atoms with van der Waals surface area (Å²) in [6, 6.07) is 18.7. The second-order valence-electron chi connectivity index (χ2n) is 19.3. The van der Waals surface area contributed by atoms with Gasteiger partial charge in [0.1, 0.15) is 17.4 Å². The number of nitrogens with zero attached hydrogens (tertiary/aromatic N) is 5. The first-order chi connectivity index (χ1) is 38.2. The van der Waals surface area contributed by atoms with E-state index in [2.05, 4.69) is 20.6 Å². The molecule has 81 heavy (non-hydrogen) atoms. The third-order valence-corrected chi connectivity index (χ3v) is 17.7. The number of nitrogens with one attached hydrogen (secondary N) is 2. The van der Waals surface area contributed by atoms with Crippen LogP contribution in [-0.2, 0) is 51.3 Å². The number of halogens is 7. The average Bonchev–Trinajstić information content (AvgIpc) is 4.00.